The van der Waals surface area contributed by atoms with Crippen molar-refractivity contribution in [2.45, 2.75) is 55.6 Å². The highest BCUT2D eigenvalue weighted by atomic mass is 32.2. The molecule has 2 unspecified atom stereocenters. The van der Waals surface area contributed by atoms with Crippen molar-refractivity contribution >= 4 is 28.4 Å². The van der Waals surface area contributed by atoms with Crippen LogP contribution in [0, 0.1) is 0 Å². The molecule has 2 fully saturated rings. The summed E-state index contributed by atoms with van der Waals surface area (Å²) in [6.07, 6.45) is -0.361. The van der Waals surface area contributed by atoms with Gasteiger partial charge in [0.2, 0.25) is 0 Å². The van der Waals surface area contributed by atoms with Crippen LogP contribution in [0.4, 0.5) is 13.2 Å². The Bertz CT molecular complexity index is 855. The van der Waals surface area contributed by atoms with Crippen LogP contribution in [0.5, 0.6) is 0 Å². The van der Waals surface area contributed by atoms with Crippen molar-refractivity contribution in [3.63, 3.8) is 0 Å². The normalized spacial score (nSPS) is 24.6. The molecule has 0 bridgehead atoms. The number of halogens is 3. The fourth-order valence-corrected chi connectivity index (χ4v) is 3.96. The van der Waals surface area contributed by atoms with E-state index < -0.39 is 47.0 Å². The van der Waals surface area contributed by atoms with Gasteiger partial charge in [-0.25, -0.2) is 4.21 Å². The van der Waals surface area contributed by atoms with Gasteiger partial charge in [0, 0.05) is 18.2 Å². The van der Waals surface area contributed by atoms with Crippen LogP contribution >= 0.6 is 0 Å². The number of rotatable bonds is 5. The summed E-state index contributed by atoms with van der Waals surface area (Å²) in [5.74, 6) is -2.07. The van der Waals surface area contributed by atoms with E-state index in [2.05, 4.69) is 9.82 Å². The van der Waals surface area contributed by atoms with E-state index in [0.717, 1.165) is 12.8 Å². The van der Waals surface area contributed by atoms with Gasteiger partial charge in [-0.05, 0) is 31.7 Å². The molecular formula is C16H17F3N4O3S. The Labute approximate surface area is 155 Å². The molecule has 2 aliphatic carbocycles. The Hall–Kier alpha value is -2.17. The molecule has 146 valence electrons. The van der Waals surface area contributed by atoms with Crippen LogP contribution in [0.25, 0.3) is 5.57 Å². The Morgan fingerprint density at radius 1 is 1.30 bits per heavy atom. The first-order chi connectivity index (χ1) is 12.7. The molecule has 4 rings (SSSR count). The number of hydrogen-bond donors (Lipinski definition) is 2. The second kappa shape index (κ2) is 6.47. The first-order valence-electron chi connectivity index (χ1n) is 8.62. The van der Waals surface area contributed by atoms with Crippen LogP contribution in [0.1, 0.15) is 43.8 Å². The number of nitrogens with one attached hydrogen (secondary N) is 2. The summed E-state index contributed by atoms with van der Waals surface area (Å²) in [7, 11) is -1.66. The summed E-state index contributed by atoms with van der Waals surface area (Å²) in [5, 5.41) is 5.93. The van der Waals surface area contributed by atoms with E-state index in [1.807, 2.05) is 5.32 Å². The Morgan fingerprint density at radius 3 is 2.59 bits per heavy atom. The zero-order chi connectivity index (χ0) is 19.3. The van der Waals surface area contributed by atoms with Gasteiger partial charge in [0.05, 0.1) is 17.0 Å². The van der Waals surface area contributed by atoms with E-state index >= 15 is 0 Å². The molecular weight excluding hydrogens is 385 g/mol. The van der Waals surface area contributed by atoms with Gasteiger partial charge in [-0.3, -0.25) is 19.0 Å². The SMILES string of the molecule is O=C1NC(C(F)(F)F)CC(c2ccn(C3CC3)n2)=C1C(=O)NS(=O)C1CC1. The van der Waals surface area contributed by atoms with E-state index in [1.165, 1.54) is 6.07 Å². The molecule has 0 saturated heterocycles. The monoisotopic (exact) mass is 402 g/mol. The summed E-state index contributed by atoms with van der Waals surface area (Å²) < 4.78 is 55.4. The predicted molar refractivity (Wildman–Crippen MR) is 89.3 cm³/mol. The van der Waals surface area contributed by atoms with E-state index in [4.69, 9.17) is 0 Å². The molecule has 2 amide bonds. The molecule has 2 heterocycles. The molecule has 11 heteroatoms. The zero-order valence-corrected chi connectivity index (χ0v) is 14.9. The van der Waals surface area contributed by atoms with Crippen molar-refractivity contribution < 1.29 is 27.0 Å². The highest BCUT2D eigenvalue weighted by Gasteiger charge is 2.46. The zero-order valence-electron chi connectivity index (χ0n) is 14.1. The molecule has 2 N–H and O–H groups in total. The summed E-state index contributed by atoms with van der Waals surface area (Å²) in [6.45, 7) is 0. The van der Waals surface area contributed by atoms with E-state index in [0.29, 0.717) is 12.8 Å². The number of hydrogen-bond acceptors (Lipinski definition) is 4. The summed E-state index contributed by atoms with van der Waals surface area (Å²) >= 11 is 0. The lowest BCUT2D eigenvalue weighted by molar-refractivity contribution is -0.160. The maximum Gasteiger partial charge on any atom is 0.408 e. The van der Waals surface area contributed by atoms with Gasteiger partial charge in [0.25, 0.3) is 11.8 Å². The minimum atomic E-state index is -4.65. The first-order valence-corrected chi connectivity index (χ1v) is 9.83. The van der Waals surface area contributed by atoms with Gasteiger partial charge in [-0.15, -0.1) is 0 Å². The Kier molecular flexibility index (Phi) is 4.36. The molecule has 0 radical (unpaired) electrons. The minimum Gasteiger partial charge on any atom is -0.340 e. The molecule has 0 spiro atoms. The van der Waals surface area contributed by atoms with Gasteiger partial charge in [0.1, 0.15) is 22.6 Å². The van der Waals surface area contributed by atoms with Crippen LogP contribution < -0.4 is 10.0 Å². The topological polar surface area (TPSA) is 93.1 Å². The number of aromatic nitrogens is 2. The van der Waals surface area contributed by atoms with Crippen molar-refractivity contribution in [2.75, 3.05) is 0 Å². The van der Waals surface area contributed by atoms with Gasteiger partial charge >= 0.3 is 6.18 Å². The van der Waals surface area contributed by atoms with Gasteiger partial charge in [-0.1, -0.05) is 0 Å². The average molecular weight is 402 g/mol. The minimum absolute atomic E-state index is 0.0780. The smallest absolute Gasteiger partial charge is 0.340 e. The quantitative estimate of drug-likeness (QED) is 0.728. The van der Waals surface area contributed by atoms with Crippen LogP contribution in [0.3, 0.4) is 0 Å². The molecule has 3 aliphatic rings. The first kappa shape index (κ1) is 18.2. The summed E-state index contributed by atoms with van der Waals surface area (Å²) in [6, 6.07) is -0.392. The largest absolute Gasteiger partial charge is 0.408 e. The highest BCUT2D eigenvalue weighted by molar-refractivity contribution is 7.84. The highest BCUT2D eigenvalue weighted by Crippen LogP contribution is 2.37. The maximum atomic E-state index is 13.2. The van der Waals surface area contributed by atoms with Gasteiger partial charge in [0.15, 0.2) is 0 Å². The van der Waals surface area contributed by atoms with Crippen LogP contribution in [0.15, 0.2) is 17.8 Å². The summed E-state index contributed by atoms with van der Waals surface area (Å²) in [4.78, 5) is 24.8. The number of amides is 2. The molecule has 27 heavy (non-hydrogen) atoms. The second-order valence-corrected chi connectivity index (χ2v) is 8.43. The fraction of sp³-hybridized carbons (Fsp3) is 0.562. The molecule has 7 nitrogen and oxygen atoms in total. The third kappa shape index (κ3) is 3.78. The third-order valence-corrected chi connectivity index (χ3v) is 6.19. The lowest BCUT2D eigenvalue weighted by atomic mass is 9.92. The molecule has 0 aromatic carbocycles. The lowest BCUT2D eigenvalue weighted by Gasteiger charge is -2.28. The predicted octanol–water partition coefficient (Wildman–Crippen LogP) is 1.36. The van der Waals surface area contributed by atoms with Crippen molar-refractivity contribution in [2.24, 2.45) is 0 Å². The van der Waals surface area contributed by atoms with Gasteiger partial charge in [-0.2, -0.15) is 18.3 Å². The number of carbonyl (C=O) groups is 2. The molecule has 1 aromatic heterocycles. The fourth-order valence-electron chi connectivity index (χ4n) is 2.94. The van der Waals surface area contributed by atoms with E-state index in [1.54, 1.807) is 10.9 Å². The number of nitrogens with zero attached hydrogens (tertiary/aromatic N) is 2. The standard InChI is InChI=1S/C16H17F3N4O3S/c17-16(18,19)12-7-10(11-5-6-23(21-11)8-1-2-8)13(14(24)20-12)15(25)22-27(26)9-3-4-9/h5-6,8-9,12H,1-4,7H2,(H,20,24)(H,22,25). The maximum absolute atomic E-state index is 13.2. The molecule has 2 atom stereocenters. The van der Waals surface area contributed by atoms with Crippen molar-refractivity contribution in [3.05, 3.63) is 23.5 Å². The van der Waals surface area contributed by atoms with Crippen molar-refractivity contribution in [3.8, 4) is 0 Å². The molecule has 1 aliphatic heterocycles. The second-order valence-electron chi connectivity index (χ2n) is 6.97. The van der Waals surface area contributed by atoms with Crippen molar-refractivity contribution in [1.29, 1.82) is 0 Å². The average Bonchev–Trinajstić information content (AvgIpc) is 3.51. The Balaban J connectivity index is 1.69. The van der Waals surface area contributed by atoms with Gasteiger partial charge < -0.3 is 5.32 Å². The number of alkyl halides is 3. The third-order valence-electron chi connectivity index (χ3n) is 4.72. The lowest BCUT2D eigenvalue weighted by Crippen LogP contribution is -2.51. The van der Waals surface area contributed by atoms with E-state index in [9.17, 15) is 27.0 Å². The summed E-state index contributed by atoms with van der Waals surface area (Å²) in [5.41, 5.74) is -0.371. The Morgan fingerprint density at radius 2 is 2.00 bits per heavy atom. The van der Waals surface area contributed by atoms with Crippen LogP contribution in [-0.4, -0.2) is 43.3 Å². The molecule has 2 saturated carbocycles. The van der Waals surface area contributed by atoms with Crippen LogP contribution in [0.2, 0.25) is 0 Å². The van der Waals surface area contributed by atoms with E-state index in [-0.39, 0.29) is 22.6 Å². The van der Waals surface area contributed by atoms with Crippen molar-refractivity contribution in [1.82, 2.24) is 19.8 Å². The molecule has 1 aromatic rings. The number of carbonyl (C=O) groups excluding carboxylic acids is 2. The van der Waals surface area contributed by atoms with Crippen LogP contribution in [-0.2, 0) is 20.6 Å².